The fraction of sp³-hybridized carbons (Fsp3) is 0. The zero-order valence-corrected chi connectivity index (χ0v) is 11.4. The van der Waals surface area contributed by atoms with Gasteiger partial charge in [-0.2, -0.15) is 20.2 Å². The molecule has 0 saturated carbocycles. The minimum atomic E-state index is 0.0227. The highest BCUT2D eigenvalue weighted by Crippen LogP contribution is 2.23. The Morgan fingerprint density at radius 1 is 1.05 bits per heavy atom. The van der Waals surface area contributed by atoms with E-state index < -0.39 is 0 Å². The summed E-state index contributed by atoms with van der Waals surface area (Å²) in [5, 5.41) is 17.2. The molecule has 0 saturated heterocycles. The highest BCUT2D eigenvalue weighted by molar-refractivity contribution is 6.33. The van der Waals surface area contributed by atoms with E-state index in [-0.39, 0.29) is 16.5 Å². The van der Waals surface area contributed by atoms with Crippen LogP contribution in [0.25, 0.3) is 0 Å². The van der Waals surface area contributed by atoms with E-state index in [0.29, 0.717) is 10.7 Å². The Hall–Kier alpha value is -1.81. The zero-order chi connectivity index (χ0) is 14.3. The topological polar surface area (TPSA) is 94.7 Å². The molecule has 2 aromatic rings. The van der Waals surface area contributed by atoms with Crippen molar-refractivity contribution in [2.75, 3.05) is 5.32 Å². The van der Waals surface area contributed by atoms with Gasteiger partial charge in [0.1, 0.15) is 0 Å². The summed E-state index contributed by atoms with van der Waals surface area (Å²) in [6, 6.07) is 7.18. The van der Waals surface area contributed by atoms with E-state index in [4.69, 9.17) is 45.2 Å². The van der Waals surface area contributed by atoms with Crippen molar-refractivity contribution in [3.63, 3.8) is 0 Å². The van der Waals surface area contributed by atoms with Gasteiger partial charge in [0, 0.05) is 0 Å². The Balaban J connectivity index is 0.000000550. The molecule has 1 aromatic carbocycles. The van der Waals surface area contributed by atoms with E-state index >= 15 is 0 Å². The predicted octanol–water partition coefficient (Wildman–Crippen LogP) is 3.42. The SMILES string of the molecule is Clc1nc(Cl)nc(Nc2ccccc2Cl)n1.N#CO. The smallest absolute Gasteiger partial charge is 0.283 e. The van der Waals surface area contributed by atoms with Gasteiger partial charge in [-0.05, 0) is 35.3 Å². The van der Waals surface area contributed by atoms with Gasteiger partial charge in [0.15, 0.2) is 0 Å². The third kappa shape index (κ3) is 5.14. The van der Waals surface area contributed by atoms with Crippen molar-refractivity contribution in [2.24, 2.45) is 0 Å². The molecule has 0 radical (unpaired) electrons. The van der Waals surface area contributed by atoms with Gasteiger partial charge >= 0.3 is 0 Å². The van der Waals surface area contributed by atoms with Crippen molar-refractivity contribution >= 4 is 46.4 Å². The van der Waals surface area contributed by atoms with Crippen molar-refractivity contribution in [3.8, 4) is 6.26 Å². The molecule has 2 N–H and O–H groups in total. The second-order valence-electron chi connectivity index (χ2n) is 2.90. The molecule has 1 heterocycles. The minimum Gasteiger partial charge on any atom is -0.443 e. The highest BCUT2D eigenvalue weighted by atomic mass is 35.5. The van der Waals surface area contributed by atoms with Gasteiger partial charge in [0.25, 0.3) is 6.26 Å². The van der Waals surface area contributed by atoms with Crippen LogP contribution in [0, 0.1) is 11.5 Å². The van der Waals surface area contributed by atoms with E-state index in [1.165, 1.54) is 0 Å². The molecule has 0 atom stereocenters. The van der Waals surface area contributed by atoms with Gasteiger partial charge in [0.05, 0.1) is 10.7 Å². The average Bonchev–Trinajstić information content (AvgIpc) is 2.32. The summed E-state index contributed by atoms with van der Waals surface area (Å²) >= 11 is 17.2. The fourth-order valence-electron chi connectivity index (χ4n) is 1.06. The molecule has 6 nitrogen and oxygen atoms in total. The van der Waals surface area contributed by atoms with E-state index in [0.717, 1.165) is 6.26 Å². The maximum atomic E-state index is 6.88. The van der Waals surface area contributed by atoms with Crippen molar-refractivity contribution in [1.82, 2.24) is 15.0 Å². The van der Waals surface area contributed by atoms with Gasteiger partial charge in [-0.15, -0.1) is 0 Å². The Labute approximate surface area is 123 Å². The standard InChI is InChI=1S/C9H5Cl3N4.CHNO/c10-5-3-1-2-4-6(5)13-9-15-7(11)14-8(12)16-9;2-1-3/h1-4H,(H,13,14,15,16);3H. The van der Waals surface area contributed by atoms with Crippen molar-refractivity contribution < 1.29 is 5.11 Å². The number of hydrogen-bond donors (Lipinski definition) is 2. The number of para-hydroxylation sites is 1. The number of aliphatic hydroxyl groups excluding tert-OH is 1. The molecule has 19 heavy (non-hydrogen) atoms. The lowest BCUT2D eigenvalue weighted by molar-refractivity contribution is 0.503. The zero-order valence-electron chi connectivity index (χ0n) is 9.18. The number of aliphatic hydroxyl groups is 1. The summed E-state index contributed by atoms with van der Waals surface area (Å²) in [4.78, 5) is 11.4. The molecule has 0 bridgehead atoms. The maximum Gasteiger partial charge on any atom is 0.283 e. The second-order valence-corrected chi connectivity index (χ2v) is 3.99. The van der Waals surface area contributed by atoms with Gasteiger partial charge in [0.2, 0.25) is 16.5 Å². The first kappa shape index (κ1) is 15.2. The summed E-state index contributed by atoms with van der Waals surface area (Å²) in [5.74, 6) is 0.248. The van der Waals surface area contributed by atoms with E-state index in [1.54, 1.807) is 12.1 Å². The summed E-state index contributed by atoms with van der Waals surface area (Å²) in [6.45, 7) is 0. The van der Waals surface area contributed by atoms with Gasteiger partial charge in [-0.1, -0.05) is 23.7 Å². The number of aromatic nitrogens is 3. The molecule has 0 fully saturated rings. The molecular weight excluding hydrogens is 313 g/mol. The lowest BCUT2D eigenvalue weighted by Crippen LogP contribution is -1.99. The van der Waals surface area contributed by atoms with Crippen LogP contribution in [-0.2, 0) is 0 Å². The first-order valence-corrected chi connectivity index (χ1v) is 5.82. The average molecular weight is 319 g/mol. The number of halogens is 3. The molecule has 0 spiro atoms. The quantitative estimate of drug-likeness (QED) is 0.824. The number of rotatable bonds is 2. The molecule has 0 aliphatic rings. The van der Waals surface area contributed by atoms with Crippen LogP contribution >= 0.6 is 34.8 Å². The Kier molecular flexibility index (Phi) is 6.09. The number of benzene rings is 1. The molecule has 2 rings (SSSR count). The second kappa shape index (κ2) is 7.59. The van der Waals surface area contributed by atoms with Gasteiger partial charge in [-0.3, -0.25) is 0 Å². The van der Waals surface area contributed by atoms with Crippen LogP contribution in [-0.4, -0.2) is 20.1 Å². The highest BCUT2D eigenvalue weighted by Gasteiger charge is 2.05. The third-order valence-corrected chi connectivity index (χ3v) is 2.37. The molecular formula is C10H6Cl3N5O. The van der Waals surface area contributed by atoms with Crippen LogP contribution in [0.2, 0.25) is 15.6 Å². The van der Waals surface area contributed by atoms with Crippen LogP contribution in [0.4, 0.5) is 11.6 Å². The van der Waals surface area contributed by atoms with Crippen LogP contribution in [0.3, 0.4) is 0 Å². The summed E-state index contributed by atoms with van der Waals surface area (Å²) in [5.41, 5.74) is 0.669. The summed E-state index contributed by atoms with van der Waals surface area (Å²) in [6.07, 6.45) is 0.750. The Bertz CT molecular complexity index is 582. The van der Waals surface area contributed by atoms with Gasteiger partial charge in [-0.25, -0.2) is 0 Å². The number of nitriles is 1. The van der Waals surface area contributed by atoms with Crippen LogP contribution < -0.4 is 5.32 Å². The molecule has 0 aliphatic heterocycles. The molecule has 0 unspecified atom stereocenters. The number of nitrogens with one attached hydrogen (secondary N) is 1. The lowest BCUT2D eigenvalue weighted by Gasteiger charge is -2.06. The summed E-state index contributed by atoms with van der Waals surface area (Å²) in [7, 11) is 0. The number of nitrogens with zero attached hydrogens (tertiary/aromatic N) is 4. The minimum absolute atomic E-state index is 0.0227. The molecule has 0 aliphatic carbocycles. The van der Waals surface area contributed by atoms with E-state index in [1.807, 2.05) is 12.1 Å². The Morgan fingerprint density at radius 3 is 2.11 bits per heavy atom. The van der Waals surface area contributed by atoms with Crippen molar-refractivity contribution in [1.29, 1.82) is 5.26 Å². The van der Waals surface area contributed by atoms with Crippen LogP contribution in [0.5, 0.6) is 0 Å². The molecule has 9 heteroatoms. The monoisotopic (exact) mass is 317 g/mol. The first-order chi connectivity index (χ1) is 9.06. The fourth-order valence-corrected chi connectivity index (χ4v) is 1.61. The molecule has 0 amide bonds. The lowest BCUT2D eigenvalue weighted by atomic mass is 10.3. The van der Waals surface area contributed by atoms with Crippen LogP contribution in [0.15, 0.2) is 24.3 Å². The predicted molar refractivity (Wildman–Crippen MR) is 72.1 cm³/mol. The Morgan fingerprint density at radius 2 is 1.58 bits per heavy atom. The van der Waals surface area contributed by atoms with E-state index in [2.05, 4.69) is 20.3 Å². The van der Waals surface area contributed by atoms with E-state index in [9.17, 15) is 0 Å². The summed E-state index contributed by atoms with van der Waals surface area (Å²) < 4.78 is 0. The third-order valence-electron chi connectivity index (χ3n) is 1.70. The van der Waals surface area contributed by atoms with Crippen molar-refractivity contribution in [3.05, 3.63) is 39.9 Å². The van der Waals surface area contributed by atoms with Crippen LogP contribution in [0.1, 0.15) is 0 Å². The maximum absolute atomic E-state index is 6.88. The van der Waals surface area contributed by atoms with Crippen molar-refractivity contribution in [2.45, 2.75) is 0 Å². The number of hydrogen-bond acceptors (Lipinski definition) is 6. The normalized spacial score (nSPS) is 8.95. The molecule has 98 valence electrons. The first-order valence-electron chi connectivity index (χ1n) is 4.68. The largest absolute Gasteiger partial charge is 0.443 e. The number of anilines is 2. The van der Waals surface area contributed by atoms with Gasteiger partial charge < -0.3 is 10.4 Å². The molecule has 1 aromatic heterocycles.